The molecule has 0 aliphatic rings. The van der Waals surface area contributed by atoms with Crippen LogP contribution in [0.3, 0.4) is 0 Å². The average molecular weight is 330 g/mol. The Morgan fingerprint density at radius 2 is 0.550 bits per heavy atom. The van der Waals surface area contributed by atoms with Crippen LogP contribution >= 0.6 is 0 Å². The predicted molar refractivity (Wildman–Crippen MR) is 41.0 cm³/mol. The molecule has 0 amide bonds. The Labute approximate surface area is 103 Å². The molecule has 0 aliphatic carbocycles. The second kappa shape index (κ2) is 4.33. The van der Waals surface area contributed by atoms with Gasteiger partial charge < -0.3 is 0 Å². The van der Waals surface area contributed by atoms with Crippen LogP contribution < -0.4 is 0 Å². The summed E-state index contributed by atoms with van der Waals surface area (Å²) in [6.07, 6.45) is -13.3. The van der Waals surface area contributed by atoms with E-state index in [4.69, 9.17) is 0 Å². The number of rotatable bonds is 3. The number of hydrogen-bond donors (Lipinski definition) is 0. The fraction of sp³-hybridized carbons (Fsp3) is 1.00. The van der Waals surface area contributed by atoms with Gasteiger partial charge in [-0.2, -0.15) is 43.9 Å². The maximum Gasteiger partial charge on any atom is 0.428 e. The minimum atomic E-state index is -7.00. The van der Waals surface area contributed by atoms with Gasteiger partial charge in [0.05, 0.1) is 0 Å². The zero-order chi connectivity index (χ0) is 17.0. The lowest BCUT2D eigenvalue weighted by Gasteiger charge is -2.41. The Kier molecular flexibility index (Phi) is 4.14. The highest BCUT2D eigenvalue weighted by Crippen LogP contribution is 2.59. The molecule has 0 aromatic heterocycles. The highest BCUT2D eigenvalue weighted by molar-refractivity contribution is 5.12. The van der Waals surface area contributed by atoms with Gasteiger partial charge in [0.2, 0.25) is 0 Å². The standard InChI is InChI=1S/C8H6F12/c1-3(9,7(15,16)17)5(11,12)6(13,14)4(2,10)8(18,19)20/h1-2H3. The van der Waals surface area contributed by atoms with Crippen molar-refractivity contribution in [2.45, 2.75) is 49.4 Å². The van der Waals surface area contributed by atoms with Crippen LogP contribution in [0.5, 0.6) is 0 Å². The largest absolute Gasteiger partial charge is 0.428 e. The third-order valence-corrected chi connectivity index (χ3v) is 2.64. The molecule has 0 N–H and O–H groups in total. The molecule has 0 fully saturated rings. The zero-order valence-electron chi connectivity index (χ0n) is 9.54. The van der Waals surface area contributed by atoms with Crippen LogP contribution in [-0.4, -0.2) is 35.5 Å². The number of halogens is 12. The molecule has 2 atom stereocenters. The molecule has 20 heavy (non-hydrogen) atoms. The van der Waals surface area contributed by atoms with Crippen LogP contribution in [0.25, 0.3) is 0 Å². The third-order valence-electron chi connectivity index (χ3n) is 2.64. The Balaban J connectivity index is 6.08. The van der Waals surface area contributed by atoms with Crippen molar-refractivity contribution in [3.63, 3.8) is 0 Å². The normalized spacial score (nSPS) is 21.3. The van der Waals surface area contributed by atoms with Crippen LogP contribution in [0.2, 0.25) is 0 Å². The van der Waals surface area contributed by atoms with Gasteiger partial charge in [-0.3, -0.25) is 0 Å². The molecule has 0 radical (unpaired) electrons. The van der Waals surface area contributed by atoms with Crippen LogP contribution in [0.15, 0.2) is 0 Å². The van der Waals surface area contributed by atoms with Gasteiger partial charge in [-0.15, -0.1) is 0 Å². The molecule has 0 saturated heterocycles. The van der Waals surface area contributed by atoms with Crippen LogP contribution in [-0.2, 0) is 0 Å². The minimum Gasteiger partial charge on any atom is -0.227 e. The summed E-state index contributed by atoms with van der Waals surface area (Å²) in [6.45, 7) is -2.21. The molecule has 0 aliphatic heterocycles. The molecule has 12 heteroatoms. The van der Waals surface area contributed by atoms with Gasteiger partial charge in [-0.05, 0) is 13.8 Å². The van der Waals surface area contributed by atoms with Gasteiger partial charge in [0, 0.05) is 0 Å². The molecule has 0 aromatic carbocycles. The maximum absolute atomic E-state index is 12.9. The summed E-state index contributed by atoms with van der Waals surface area (Å²) in [5.74, 6) is -14.0. The molecule has 2 unspecified atom stereocenters. The van der Waals surface area contributed by atoms with Crippen molar-refractivity contribution < 1.29 is 52.7 Å². The van der Waals surface area contributed by atoms with E-state index in [9.17, 15) is 52.7 Å². The van der Waals surface area contributed by atoms with E-state index in [-0.39, 0.29) is 0 Å². The second-order valence-corrected chi connectivity index (χ2v) is 4.15. The van der Waals surface area contributed by atoms with Crippen molar-refractivity contribution in [1.29, 1.82) is 0 Å². The smallest absolute Gasteiger partial charge is 0.227 e. The molecular weight excluding hydrogens is 324 g/mol. The molecule has 0 spiro atoms. The maximum atomic E-state index is 12.9. The SMILES string of the molecule is CC(F)(C(F)(F)F)C(F)(F)C(F)(F)C(C)(F)C(F)(F)F. The van der Waals surface area contributed by atoms with Crippen molar-refractivity contribution >= 4 is 0 Å². The average Bonchev–Trinajstić information content (AvgIpc) is 2.12. The van der Waals surface area contributed by atoms with E-state index in [1.165, 1.54) is 0 Å². The van der Waals surface area contributed by atoms with Crippen molar-refractivity contribution in [3.8, 4) is 0 Å². The molecule has 0 aromatic rings. The summed E-state index contributed by atoms with van der Waals surface area (Å²) in [4.78, 5) is 0. The van der Waals surface area contributed by atoms with Crippen molar-refractivity contribution in [2.75, 3.05) is 0 Å². The molecule has 0 nitrogen and oxygen atoms in total. The first-order chi connectivity index (χ1) is 8.25. The van der Waals surface area contributed by atoms with Crippen LogP contribution in [0, 0.1) is 0 Å². The Morgan fingerprint density at radius 1 is 0.400 bits per heavy atom. The van der Waals surface area contributed by atoms with E-state index >= 15 is 0 Å². The molecule has 0 rings (SSSR count). The first kappa shape index (κ1) is 19.2. The zero-order valence-corrected chi connectivity index (χ0v) is 9.54. The third kappa shape index (κ3) is 2.30. The van der Waals surface area contributed by atoms with E-state index < -0.39 is 49.4 Å². The molecule has 0 bridgehead atoms. The lowest BCUT2D eigenvalue weighted by molar-refractivity contribution is -0.398. The first-order valence-corrected chi connectivity index (χ1v) is 4.52. The van der Waals surface area contributed by atoms with Gasteiger partial charge in [0.15, 0.2) is 0 Å². The Hall–Kier alpha value is -0.840. The van der Waals surface area contributed by atoms with Gasteiger partial charge >= 0.3 is 24.2 Å². The van der Waals surface area contributed by atoms with Gasteiger partial charge in [-0.25, -0.2) is 8.78 Å². The van der Waals surface area contributed by atoms with Crippen LogP contribution in [0.1, 0.15) is 13.8 Å². The summed E-state index contributed by atoms with van der Waals surface area (Å²) < 4.78 is 149. The summed E-state index contributed by atoms with van der Waals surface area (Å²) in [7, 11) is 0. The van der Waals surface area contributed by atoms with E-state index in [2.05, 4.69) is 0 Å². The van der Waals surface area contributed by atoms with E-state index in [0.717, 1.165) is 0 Å². The topological polar surface area (TPSA) is 0 Å². The second-order valence-electron chi connectivity index (χ2n) is 4.15. The van der Waals surface area contributed by atoms with Crippen molar-refractivity contribution in [2.24, 2.45) is 0 Å². The monoisotopic (exact) mass is 330 g/mol. The fourth-order valence-corrected chi connectivity index (χ4v) is 0.946. The number of hydrogen-bond acceptors (Lipinski definition) is 0. The van der Waals surface area contributed by atoms with Crippen LogP contribution in [0.4, 0.5) is 52.7 Å². The molecule has 0 saturated carbocycles. The highest BCUT2D eigenvalue weighted by atomic mass is 19.4. The molecular formula is C8H6F12. The lowest BCUT2D eigenvalue weighted by Crippen LogP contribution is -2.70. The molecule has 122 valence electrons. The summed E-state index contributed by atoms with van der Waals surface area (Å²) in [6, 6.07) is 0. The Bertz CT molecular complexity index is 321. The van der Waals surface area contributed by atoms with Gasteiger partial charge in [0.1, 0.15) is 0 Å². The van der Waals surface area contributed by atoms with E-state index in [1.807, 2.05) is 0 Å². The van der Waals surface area contributed by atoms with Gasteiger partial charge in [0.25, 0.3) is 11.3 Å². The minimum absolute atomic E-state index is 1.10. The van der Waals surface area contributed by atoms with E-state index in [0.29, 0.717) is 0 Å². The predicted octanol–water partition coefficient (Wildman–Crippen LogP) is 4.84. The summed E-state index contributed by atoms with van der Waals surface area (Å²) >= 11 is 0. The quantitative estimate of drug-likeness (QED) is 0.650. The van der Waals surface area contributed by atoms with Crippen molar-refractivity contribution in [3.05, 3.63) is 0 Å². The number of alkyl halides is 12. The van der Waals surface area contributed by atoms with E-state index in [1.54, 1.807) is 0 Å². The summed E-state index contributed by atoms with van der Waals surface area (Å²) in [5.41, 5.74) is -12.2. The Morgan fingerprint density at radius 3 is 0.650 bits per heavy atom. The van der Waals surface area contributed by atoms with Crippen molar-refractivity contribution in [1.82, 2.24) is 0 Å². The van der Waals surface area contributed by atoms with Gasteiger partial charge in [-0.1, -0.05) is 0 Å². The first-order valence-electron chi connectivity index (χ1n) is 4.52. The molecule has 0 heterocycles. The highest BCUT2D eigenvalue weighted by Gasteiger charge is 2.86. The summed E-state index contributed by atoms with van der Waals surface area (Å²) in [5, 5.41) is 0. The fourth-order valence-electron chi connectivity index (χ4n) is 0.946. The lowest BCUT2D eigenvalue weighted by atomic mass is 9.84.